The highest BCUT2D eigenvalue weighted by molar-refractivity contribution is 6.29. The molecule has 130 valence electrons. The first-order valence-electron chi connectivity index (χ1n) is 6.81. The van der Waals surface area contributed by atoms with Gasteiger partial charge in [0.05, 0.1) is 23.7 Å². The molecule has 0 aliphatic rings. The maximum Gasteiger partial charge on any atom is 0.340 e. The van der Waals surface area contributed by atoms with Crippen molar-refractivity contribution in [2.75, 3.05) is 19.0 Å². The molecular weight excluding hydrogens is 354 g/mol. The molecule has 0 saturated heterocycles. The monoisotopic (exact) mass is 365 g/mol. The summed E-state index contributed by atoms with van der Waals surface area (Å²) < 4.78 is 9.72. The second-order valence-electron chi connectivity index (χ2n) is 4.63. The molecule has 2 aromatic rings. The highest BCUT2D eigenvalue weighted by Crippen LogP contribution is 2.28. The van der Waals surface area contributed by atoms with Gasteiger partial charge in [-0.25, -0.2) is 9.78 Å². The summed E-state index contributed by atoms with van der Waals surface area (Å²) in [6.07, 6.45) is 1.21. The predicted molar refractivity (Wildman–Crippen MR) is 87.8 cm³/mol. The smallest absolute Gasteiger partial charge is 0.340 e. The normalized spacial score (nSPS) is 10.0. The zero-order valence-corrected chi connectivity index (χ0v) is 13.6. The van der Waals surface area contributed by atoms with Crippen molar-refractivity contribution in [2.24, 2.45) is 0 Å². The van der Waals surface area contributed by atoms with Gasteiger partial charge in [-0.2, -0.15) is 0 Å². The van der Waals surface area contributed by atoms with Crippen molar-refractivity contribution < 1.29 is 24.0 Å². The highest BCUT2D eigenvalue weighted by Gasteiger charge is 2.18. The van der Waals surface area contributed by atoms with E-state index in [0.717, 1.165) is 0 Å². The van der Waals surface area contributed by atoms with Gasteiger partial charge >= 0.3 is 5.97 Å². The summed E-state index contributed by atoms with van der Waals surface area (Å²) in [4.78, 5) is 37.7. The van der Waals surface area contributed by atoms with Crippen molar-refractivity contribution >= 4 is 34.9 Å². The highest BCUT2D eigenvalue weighted by atomic mass is 35.5. The summed E-state index contributed by atoms with van der Waals surface area (Å²) in [5.74, 6) is -1.24. The lowest BCUT2D eigenvalue weighted by atomic mass is 10.2. The Morgan fingerprint density at radius 2 is 2.08 bits per heavy atom. The molecule has 0 atom stereocenters. The van der Waals surface area contributed by atoms with Gasteiger partial charge in [0.2, 0.25) is 0 Å². The van der Waals surface area contributed by atoms with Crippen LogP contribution in [0.25, 0.3) is 0 Å². The summed E-state index contributed by atoms with van der Waals surface area (Å²) in [6, 6.07) is 6.73. The number of aromatic nitrogens is 1. The maximum atomic E-state index is 11.9. The number of rotatable bonds is 6. The Kier molecular flexibility index (Phi) is 5.85. The van der Waals surface area contributed by atoms with Crippen LogP contribution in [-0.2, 0) is 9.53 Å². The lowest BCUT2D eigenvalue weighted by Crippen LogP contribution is -2.21. The number of carbonyl (C=O) groups excluding carboxylic acids is 2. The first-order valence-corrected chi connectivity index (χ1v) is 7.19. The van der Waals surface area contributed by atoms with Crippen molar-refractivity contribution in [1.82, 2.24) is 4.98 Å². The number of ether oxygens (including phenoxy) is 2. The van der Waals surface area contributed by atoms with Crippen LogP contribution >= 0.6 is 11.6 Å². The molecular formula is C15H12ClN3O6. The fourth-order valence-corrected chi connectivity index (χ4v) is 1.90. The molecule has 0 unspecified atom stereocenters. The molecule has 0 fully saturated rings. The average Bonchev–Trinajstić information content (AvgIpc) is 2.60. The Labute approximate surface area is 146 Å². The minimum Gasteiger partial charge on any atom is -0.496 e. The largest absolute Gasteiger partial charge is 0.496 e. The lowest BCUT2D eigenvalue weighted by molar-refractivity contribution is -0.384. The SMILES string of the molecule is COc1ccc(NC(=O)COC(=O)c2ccc(Cl)nc2)c([N+](=O)[O-])c1. The number of carbonyl (C=O) groups is 2. The Balaban J connectivity index is 1.99. The van der Waals surface area contributed by atoms with Crippen LogP contribution in [0.15, 0.2) is 36.5 Å². The number of methoxy groups -OCH3 is 1. The standard InChI is InChI=1S/C15H12ClN3O6/c1-24-10-3-4-11(12(6-10)19(22)23)18-14(20)8-25-15(21)9-2-5-13(16)17-7-9/h2-7H,8H2,1H3,(H,18,20). The van der Waals surface area contributed by atoms with Gasteiger partial charge in [0.1, 0.15) is 16.6 Å². The van der Waals surface area contributed by atoms with E-state index in [1.165, 1.54) is 43.6 Å². The Morgan fingerprint density at radius 3 is 2.68 bits per heavy atom. The molecule has 2 rings (SSSR count). The van der Waals surface area contributed by atoms with Crippen LogP contribution < -0.4 is 10.1 Å². The molecule has 0 saturated carbocycles. The topological polar surface area (TPSA) is 121 Å². The molecule has 0 spiro atoms. The Morgan fingerprint density at radius 1 is 1.32 bits per heavy atom. The maximum absolute atomic E-state index is 11.9. The first-order chi connectivity index (χ1) is 11.9. The number of nitrogens with zero attached hydrogens (tertiary/aromatic N) is 2. The number of esters is 1. The number of nitrogens with one attached hydrogen (secondary N) is 1. The van der Waals surface area contributed by atoms with E-state index in [1.54, 1.807) is 0 Å². The molecule has 0 bridgehead atoms. The average molecular weight is 366 g/mol. The van der Waals surface area contributed by atoms with Gasteiger partial charge in [-0.05, 0) is 24.3 Å². The molecule has 0 radical (unpaired) electrons. The van der Waals surface area contributed by atoms with Crippen LogP contribution in [0.5, 0.6) is 5.75 Å². The molecule has 1 amide bonds. The van der Waals surface area contributed by atoms with E-state index in [0.29, 0.717) is 0 Å². The first kappa shape index (κ1) is 18.1. The summed E-state index contributed by atoms with van der Waals surface area (Å²) in [6.45, 7) is -0.620. The third kappa shape index (κ3) is 4.88. The fraction of sp³-hybridized carbons (Fsp3) is 0.133. The summed E-state index contributed by atoms with van der Waals surface area (Å²) in [5.41, 5.74) is -0.270. The van der Waals surface area contributed by atoms with Gasteiger partial charge in [0.25, 0.3) is 11.6 Å². The van der Waals surface area contributed by atoms with Crippen LogP contribution in [-0.4, -0.2) is 35.5 Å². The number of nitro groups is 1. The van der Waals surface area contributed by atoms with Crippen molar-refractivity contribution in [3.05, 3.63) is 57.4 Å². The number of anilines is 1. The van der Waals surface area contributed by atoms with Gasteiger partial charge in [0, 0.05) is 6.20 Å². The minimum absolute atomic E-state index is 0.0417. The molecule has 1 aromatic carbocycles. The molecule has 10 heteroatoms. The van der Waals surface area contributed by atoms with Gasteiger partial charge < -0.3 is 14.8 Å². The van der Waals surface area contributed by atoms with E-state index in [1.807, 2.05) is 0 Å². The molecule has 9 nitrogen and oxygen atoms in total. The Hall–Kier alpha value is -3.20. The number of nitro benzene ring substituents is 1. The number of amides is 1. The Bertz CT molecular complexity index is 809. The lowest BCUT2D eigenvalue weighted by Gasteiger charge is -2.08. The third-order valence-corrected chi connectivity index (χ3v) is 3.20. The van der Waals surface area contributed by atoms with Crippen molar-refractivity contribution in [1.29, 1.82) is 0 Å². The second kappa shape index (κ2) is 8.06. The molecule has 0 aliphatic heterocycles. The van der Waals surface area contributed by atoms with Crippen LogP contribution in [0.3, 0.4) is 0 Å². The molecule has 1 aromatic heterocycles. The van der Waals surface area contributed by atoms with E-state index < -0.39 is 23.4 Å². The van der Waals surface area contributed by atoms with Crippen LogP contribution in [0.4, 0.5) is 11.4 Å². The summed E-state index contributed by atoms with van der Waals surface area (Å²) >= 11 is 5.60. The number of halogens is 1. The summed E-state index contributed by atoms with van der Waals surface area (Å²) in [7, 11) is 1.36. The minimum atomic E-state index is -0.774. The van der Waals surface area contributed by atoms with Gasteiger partial charge in [0.15, 0.2) is 6.61 Å². The number of hydrogen-bond acceptors (Lipinski definition) is 7. The van der Waals surface area contributed by atoms with Crippen LogP contribution in [0, 0.1) is 10.1 Å². The number of pyridine rings is 1. The fourth-order valence-electron chi connectivity index (χ4n) is 1.79. The van der Waals surface area contributed by atoms with Gasteiger partial charge in [-0.15, -0.1) is 0 Å². The van der Waals surface area contributed by atoms with E-state index in [9.17, 15) is 19.7 Å². The van der Waals surface area contributed by atoms with E-state index >= 15 is 0 Å². The van der Waals surface area contributed by atoms with Gasteiger partial charge in [-0.3, -0.25) is 14.9 Å². The second-order valence-corrected chi connectivity index (χ2v) is 5.02. The molecule has 0 aliphatic carbocycles. The number of benzene rings is 1. The zero-order chi connectivity index (χ0) is 18.4. The molecule has 1 heterocycles. The van der Waals surface area contributed by atoms with Gasteiger partial charge in [-0.1, -0.05) is 11.6 Å². The summed E-state index contributed by atoms with van der Waals surface area (Å²) in [5, 5.41) is 13.6. The molecule has 25 heavy (non-hydrogen) atoms. The van der Waals surface area contributed by atoms with Crippen molar-refractivity contribution in [3.8, 4) is 5.75 Å². The zero-order valence-electron chi connectivity index (χ0n) is 12.9. The van der Waals surface area contributed by atoms with E-state index in [4.69, 9.17) is 21.1 Å². The number of hydrogen-bond donors (Lipinski definition) is 1. The predicted octanol–water partition coefficient (Wildman–Crippen LogP) is 2.45. The van der Waals surface area contributed by atoms with E-state index in [2.05, 4.69) is 10.3 Å². The van der Waals surface area contributed by atoms with Crippen molar-refractivity contribution in [3.63, 3.8) is 0 Å². The van der Waals surface area contributed by atoms with E-state index in [-0.39, 0.29) is 27.8 Å². The molecule has 1 N–H and O–H groups in total. The third-order valence-electron chi connectivity index (χ3n) is 2.97. The quantitative estimate of drug-likeness (QED) is 0.361. The van der Waals surface area contributed by atoms with Crippen LogP contribution in [0.2, 0.25) is 5.15 Å². The van der Waals surface area contributed by atoms with Crippen LogP contribution in [0.1, 0.15) is 10.4 Å². The van der Waals surface area contributed by atoms with Crippen molar-refractivity contribution in [2.45, 2.75) is 0 Å².